The summed E-state index contributed by atoms with van der Waals surface area (Å²) in [6.45, 7) is 5.70. The fourth-order valence-corrected chi connectivity index (χ4v) is 3.31. The van der Waals surface area contributed by atoms with Crippen LogP contribution in [-0.4, -0.2) is 40.9 Å². The van der Waals surface area contributed by atoms with Crippen molar-refractivity contribution >= 4 is 52.0 Å². The number of carbonyl (C=O) groups excluding carboxylic acids is 4. The first-order chi connectivity index (χ1) is 14.7. The molecule has 9 heteroatoms. The smallest absolute Gasteiger partial charge is 0.305 e. The van der Waals surface area contributed by atoms with Gasteiger partial charge >= 0.3 is 5.97 Å². The maximum atomic E-state index is 12.5. The number of anilines is 1. The molecule has 0 radical (unpaired) electrons. The minimum absolute atomic E-state index is 0.202. The number of nitrogens with one attached hydrogen (secondary N) is 3. The van der Waals surface area contributed by atoms with Crippen LogP contribution < -0.4 is 16.0 Å². The third-order valence-electron chi connectivity index (χ3n) is 4.67. The van der Waals surface area contributed by atoms with Crippen LogP contribution in [-0.2, 0) is 36.8 Å². The summed E-state index contributed by atoms with van der Waals surface area (Å²) in [4.78, 5) is 47.8. The highest BCUT2D eigenvalue weighted by Gasteiger charge is 2.22. The van der Waals surface area contributed by atoms with Crippen molar-refractivity contribution in [1.29, 1.82) is 0 Å². The summed E-state index contributed by atoms with van der Waals surface area (Å²) in [5.41, 5.74) is 2.97. The van der Waals surface area contributed by atoms with Gasteiger partial charge in [0.15, 0.2) is 4.05 Å². The van der Waals surface area contributed by atoms with Crippen molar-refractivity contribution in [2.45, 2.75) is 69.4 Å². The maximum Gasteiger partial charge on any atom is 0.305 e. The zero-order valence-electron chi connectivity index (χ0n) is 18.5. The molecule has 1 aromatic rings. The van der Waals surface area contributed by atoms with Crippen LogP contribution >= 0.6 is 22.6 Å². The van der Waals surface area contributed by atoms with Gasteiger partial charge in [0.25, 0.3) is 5.91 Å². The highest BCUT2D eigenvalue weighted by Crippen LogP contribution is 2.16. The van der Waals surface area contributed by atoms with Gasteiger partial charge in [-0.25, -0.2) is 0 Å². The quantitative estimate of drug-likeness (QED) is 0.123. The van der Waals surface area contributed by atoms with E-state index in [2.05, 4.69) is 40.6 Å². The van der Waals surface area contributed by atoms with Crippen molar-refractivity contribution in [2.24, 2.45) is 0 Å². The molecule has 0 saturated carbocycles. The van der Waals surface area contributed by atoms with Crippen molar-refractivity contribution < 1.29 is 23.9 Å². The van der Waals surface area contributed by atoms with Crippen molar-refractivity contribution in [3.8, 4) is 0 Å². The summed E-state index contributed by atoms with van der Waals surface area (Å²) in [7, 11) is 1.32. The van der Waals surface area contributed by atoms with Gasteiger partial charge in [0.1, 0.15) is 6.04 Å². The average molecular weight is 545 g/mol. The number of rotatable bonds is 12. The second-order valence-corrected chi connectivity index (χ2v) is 8.42. The molecule has 1 rings (SSSR count). The van der Waals surface area contributed by atoms with Crippen LogP contribution in [0.3, 0.4) is 0 Å². The van der Waals surface area contributed by atoms with Crippen LogP contribution in [0.5, 0.6) is 0 Å². The molecule has 0 aromatic heterocycles. The largest absolute Gasteiger partial charge is 0.469 e. The van der Waals surface area contributed by atoms with Gasteiger partial charge in [0, 0.05) is 18.5 Å². The molecule has 172 valence electrons. The number of aryl methyl sites for hydroxylation is 2. The van der Waals surface area contributed by atoms with Gasteiger partial charge in [-0.1, -0.05) is 19.9 Å². The predicted octanol–water partition coefficient (Wildman–Crippen LogP) is 2.87. The molecule has 0 aliphatic rings. The SMILES string of the molecule is CCc1cc(CC)cc(NC(=O)[C@H](C)NC(=O)C(I)NC(=O)CCCCC(=O)OC)c1. The lowest BCUT2D eigenvalue weighted by molar-refractivity contribution is -0.140. The summed E-state index contributed by atoms with van der Waals surface area (Å²) in [6.07, 6.45) is 3.23. The summed E-state index contributed by atoms with van der Waals surface area (Å²) < 4.78 is 3.73. The van der Waals surface area contributed by atoms with Crippen LogP contribution in [0, 0.1) is 0 Å². The van der Waals surface area contributed by atoms with E-state index in [0.29, 0.717) is 18.5 Å². The number of ether oxygens (including phenoxy) is 1. The second-order valence-electron chi connectivity index (χ2n) is 7.18. The van der Waals surface area contributed by atoms with Gasteiger partial charge in [-0.05, 0) is 78.5 Å². The fraction of sp³-hybridized carbons (Fsp3) is 0.545. The Morgan fingerprint density at radius 3 is 2.06 bits per heavy atom. The van der Waals surface area contributed by atoms with E-state index in [1.165, 1.54) is 7.11 Å². The highest BCUT2D eigenvalue weighted by molar-refractivity contribution is 14.1. The van der Waals surface area contributed by atoms with Crippen molar-refractivity contribution in [3.05, 3.63) is 29.3 Å². The standard InChI is InChI=1S/C22H32IN3O5/c1-5-15-11-16(6-2)13-17(12-15)25-21(29)14(3)24-22(30)20(23)26-18(27)9-7-8-10-19(28)31-4/h11-14,20H,5-10H2,1-4H3,(H,24,30)(H,25,29)(H,26,27)/t14-,20?/m0/s1. The van der Waals surface area contributed by atoms with E-state index < -0.39 is 16.0 Å². The highest BCUT2D eigenvalue weighted by atomic mass is 127. The second kappa shape index (κ2) is 14.0. The number of methoxy groups -OCH3 is 1. The first-order valence-electron chi connectivity index (χ1n) is 10.4. The number of esters is 1. The third kappa shape index (κ3) is 10.1. The Balaban J connectivity index is 2.48. The molecule has 2 atom stereocenters. The Labute approximate surface area is 197 Å². The molecule has 8 nitrogen and oxygen atoms in total. The van der Waals surface area contributed by atoms with Crippen molar-refractivity contribution in [2.75, 3.05) is 12.4 Å². The van der Waals surface area contributed by atoms with Gasteiger partial charge in [-0.2, -0.15) is 0 Å². The molecule has 3 N–H and O–H groups in total. The van der Waals surface area contributed by atoms with Crippen LogP contribution in [0.15, 0.2) is 18.2 Å². The molecular formula is C22H32IN3O5. The summed E-state index contributed by atoms with van der Waals surface area (Å²) in [6, 6.07) is 5.19. The average Bonchev–Trinajstić information content (AvgIpc) is 2.75. The van der Waals surface area contributed by atoms with E-state index in [9.17, 15) is 19.2 Å². The zero-order chi connectivity index (χ0) is 23.4. The van der Waals surface area contributed by atoms with Crippen LogP contribution in [0.25, 0.3) is 0 Å². The van der Waals surface area contributed by atoms with E-state index in [0.717, 1.165) is 24.0 Å². The van der Waals surface area contributed by atoms with Gasteiger partial charge in [0.05, 0.1) is 7.11 Å². The number of unbranched alkanes of at least 4 members (excludes halogenated alkanes) is 1. The Kier molecular flexibility index (Phi) is 12.1. The molecule has 0 bridgehead atoms. The predicted molar refractivity (Wildman–Crippen MR) is 128 cm³/mol. The Hall–Kier alpha value is -2.17. The fourth-order valence-electron chi connectivity index (χ4n) is 2.78. The van der Waals surface area contributed by atoms with Crippen LogP contribution in [0.2, 0.25) is 0 Å². The van der Waals surface area contributed by atoms with Crippen LogP contribution in [0.4, 0.5) is 5.69 Å². The van der Waals surface area contributed by atoms with Gasteiger partial charge in [0.2, 0.25) is 11.8 Å². The Bertz CT molecular complexity index is 762. The zero-order valence-corrected chi connectivity index (χ0v) is 20.7. The number of hydrogen-bond acceptors (Lipinski definition) is 5. The van der Waals surface area contributed by atoms with E-state index >= 15 is 0 Å². The molecule has 3 amide bonds. The molecule has 0 aliphatic carbocycles. The van der Waals surface area contributed by atoms with Crippen LogP contribution in [0.1, 0.15) is 57.6 Å². The number of benzene rings is 1. The number of hydrogen-bond donors (Lipinski definition) is 3. The lowest BCUT2D eigenvalue weighted by atomic mass is 10.1. The van der Waals surface area contributed by atoms with E-state index in [-0.39, 0.29) is 30.6 Å². The van der Waals surface area contributed by atoms with E-state index in [1.54, 1.807) is 6.92 Å². The lowest BCUT2D eigenvalue weighted by Crippen LogP contribution is -2.49. The van der Waals surface area contributed by atoms with E-state index in [4.69, 9.17) is 0 Å². The summed E-state index contributed by atoms with van der Waals surface area (Å²) in [5, 5.41) is 8.05. The Morgan fingerprint density at radius 2 is 1.52 bits per heavy atom. The monoisotopic (exact) mass is 545 g/mol. The summed E-state index contributed by atoms with van der Waals surface area (Å²) in [5.74, 6) is -1.39. The molecule has 0 spiro atoms. The number of alkyl halides is 1. The van der Waals surface area contributed by atoms with Crippen molar-refractivity contribution in [3.63, 3.8) is 0 Å². The molecule has 0 heterocycles. The molecular weight excluding hydrogens is 513 g/mol. The lowest BCUT2D eigenvalue weighted by Gasteiger charge is -2.18. The van der Waals surface area contributed by atoms with Gasteiger partial charge in [-0.15, -0.1) is 0 Å². The number of halogens is 1. The third-order valence-corrected chi connectivity index (χ3v) is 5.55. The molecule has 1 aromatic carbocycles. The molecule has 0 fully saturated rings. The molecule has 0 saturated heterocycles. The van der Waals surface area contributed by atoms with E-state index in [1.807, 2.05) is 34.7 Å². The first-order valence-corrected chi connectivity index (χ1v) is 11.7. The first kappa shape index (κ1) is 26.9. The molecule has 1 unspecified atom stereocenters. The number of carbonyl (C=O) groups is 4. The minimum atomic E-state index is -0.809. The normalized spacial score (nSPS) is 12.4. The number of amides is 3. The molecule has 31 heavy (non-hydrogen) atoms. The minimum Gasteiger partial charge on any atom is -0.469 e. The van der Waals surface area contributed by atoms with Gasteiger partial charge < -0.3 is 20.7 Å². The van der Waals surface area contributed by atoms with Crippen molar-refractivity contribution in [1.82, 2.24) is 10.6 Å². The molecule has 0 aliphatic heterocycles. The topological polar surface area (TPSA) is 114 Å². The Morgan fingerprint density at radius 1 is 0.935 bits per heavy atom. The van der Waals surface area contributed by atoms with Gasteiger partial charge in [-0.3, -0.25) is 19.2 Å². The maximum absolute atomic E-state index is 12.5. The summed E-state index contributed by atoms with van der Waals surface area (Å²) >= 11 is 1.81.